The van der Waals surface area contributed by atoms with Crippen molar-refractivity contribution in [1.82, 2.24) is 0 Å². The lowest BCUT2D eigenvalue weighted by Gasteiger charge is -2.20. The molecule has 1 atom stereocenters. The van der Waals surface area contributed by atoms with Crippen molar-refractivity contribution in [3.05, 3.63) is 58.8 Å². The molecule has 1 aromatic rings. The Balaban J connectivity index is 1.83. The van der Waals surface area contributed by atoms with Crippen LogP contribution < -0.4 is 0 Å². The molecule has 2 aliphatic rings. The van der Waals surface area contributed by atoms with Crippen molar-refractivity contribution in [2.75, 3.05) is 14.2 Å². The molecule has 0 aliphatic heterocycles. The number of furan rings is 1. The molecule has 8 heteroatoms. The molecule has 26 heavy (non-hydrogen) atoms. The van der Waals surface area contributed by atoms with E-state index >= 15 is 0 Å². The monoisotopic (exact) mass is 380 g/mol. The quantitative estimate of drug-likeness (QED) is 0.588. The Bertz CT molecular complexity index is 838. The topological polar surface area (TPSA) is 95.2 Å². The summed E-state index contributed by atoms with van der Waals surface area (Å²) >= 11 is 0. The first-order valence-electron chi connectivity index (χ1n) is 8.22. The molecule has 0 aromatic carbocycles. The number of carbonyl (C=O) groups is 1. The fourth-order valence-electron chi connectivity index (χ4n) is 3.12. The molecular formula is C18H21O7P. The second-order valence-corrected chi connectivity index (χ2v) is 7.88. The average Bonchev–Trinajstić information content (AvgIpc) is 2.88. The molecule has 0 amide bonds. The molecule has 7 nitrogen and oxygen atoms in total. The first kappa shape index (κ1) is 18.9. The zero-order valence-electron chi connectivity index (χ0n) is 14.7. The highest BCUT2D eigenvalue weighted by Gasteiger charge is 2.35. The Labute approximate surface area is 151 Å². The highest BCUT2D eigenvalue weighted by Crippen LogP contribution is 2.50. The van der Waals surface area contributed by atoms with Crippen molar-refractivity contribution in [3.63, 3.8) is 0 Å². The van der Waals surface area contributed by atoms with Gasteiger partial charge in [-0.25, -0.2) is 4.57 Å². The number of aliphatic hydroxyl groups is 1. The lowest BCUT2D eigenvalue weighted by Crippen LogP contribution is -2.17. The van der Waals surface area contributed by atoms with Gasteiger partial charge in [0, 0.05) is 19.8 Å². The Morgan fingerprint density at radius 2 is 2.15 bits per heavy atom. The minimum atomic E-state index is -3.71. The maximum Gasteiger partial charge on any atom is 0.529 e. The van der Waals surface area contributed by atoms with E-state index in [9.17, 15) is 14.5 Å². The van der Waals surface area contributed by atoms with E-state index in [0.717, 1.165) is 12.8 Å². The zero-order valence-corrected chi connectivity index (χ0v) is 15.6. The van der Waals surface area contributed by atoms with Gasteiger partial charge in [-0.3, -0.25) is 13.8 Å². The van der Waals surface area contributed by atoms with Crippen molar-refractivity contribution in [2.24, 2.45) is 0 Å². The predicted molar refractivity (Wildman–Crippen MR) is 93.6 cm³/mol. The second kappa shape index (κ2) is 7.37. The smallest absolute Gasteiger partial charge is 0.462 e. The molecule has 0 saturated heterocycles. The largest absolute Gasteiger partial charge is 0.529 e. The number of phosphoric ester groups is 1. The third-order valence-corrected chi connectivity index (χ3v) is 5.75. The normalized spacial score (nSPS) is 19.8. The summed E-state index contributed by atoms with van der Waals surface area (Å²) in [6.45, 7) is 3.68. The molecular weight excluding hydrogens is 359 g/mol. The third-order valence-electron chi connectivity index (χ3n) is 4.38. The van der Waals surface area contributed by atoms with Crippen molar-refractivity contribution in [2.45, 2.75) is 31.8 Å². The maximum absolute atomic E-state index is 12.8. The number of fused-ring (bicyclic) bond motifs is 1. The molecule has 1 aromatic heterocycles. The predicted octanol–water partition coefficient (Wildman–Crippen LogP) is 4.02. The number of aliphatic hydroxyl groups excluding tert-OH is 1. The lowest BCUT2D eigenvalue weighted by atomic mass is 9.86. The summed E-state index contributed by atoms with van der Waals surface area (Å²) in [5, 5.41) is 10.6. The maximum atomic E-state index is 12.8. The van der Waals surface area contributed by atoms with Gasteiger partial charge in [-0.15, -0.1) is 0 Å². The summed E-state index contributed by atoms with van der Waals surface area (Å²) in [6.07, 6.45) is 5.18. The van der Waals surface area contributed by atoms with Crippen molar-refractivity contribution in [1.29, 1.82) is 0 Å². The Hall–Kier alpha value is -1.92. The first-order chi connectivity index (χ1) is 12.4. The van der Waals surface area contributed by atoms with Gasteiger partial charge in [0.1, 0.15) is 23.4 Å². The summed E-state index contributed by atoms with van der Waals surface area (Å²) < 4.78 is 32.2. The molecule has 1 N–H and O–H groups in total. The summed E-state index contributed by atoms with van der Waals surface area (Å²) in [6, 6.07) is 1.57. The highest BCUT2D eigenvalue weighted by atomic mass is 31.2. The molecule has 1 heterocycles. The molecule has 3 rings (SSSR count). The minimum absolute atomic E-state index is 0.0597. The number of Topliss-reactive ketones (excluding diaryl/α,β-unsaturated/α-hetero) is 1. The van der Waals surface area contributed by atoms with Crippen molar-refractivity contribution < 1.29 is 32.5 Å². The van der Waals surface area contributed by atoms with E-state index in [1.165, 1.54) is 14.2 Å². The van der Waals surface area contributed by atoms with Crippen LogP contribution in [-0.2, 0) is 24.6 Å². The lowest BCUT2D eigenvalue weighted by molar-refractivity contribution is 0.0997. The van der Waals surface area contributed by atoms with Crippen LogP contribution >= 0.6 is 7.82 Å². The number of allylic oxidation sites excluding steroid dienone is 3. The number of carbonyl (C=O) groups excluding carboxylic acids is 1. The summed E-state index contributed by atoms with van der Waals surface area (Å²) in [5.74, 6) is 0.546. The van der Waals surface area contributed by atoms with Gasteiger partial charge in [0.05, 0.1) is 12.0 Å². The fourth-order valence-corrected chi connectivity index (χ4v) is 3.79. The van der Waals surface area contributed by atoms with Crippen molar-refractivity contribution >= 4 is 13.6 Å². The molecule has 0 radical (unpaired) electrons. The number of hydrogen-bond donors (Lipinski definition) is 1. The number of ketones is 1. The number of phosphoric acid groups is 1. The number of rotatable bonds is 6. The summed E-state index contributed by atoms with van der Waals surface area (Å²) in [7, 11) is -1.31. The number of hydrogen-bond acceptors (Lipinski definition) is 7. The third kappa shape index (κ3) is 3.48. The van der Waals surface area contributed by atoms with Gasteiger partial charge in [-0.1, -0.05) is 18.7 Å². The van der Waals surface area contributed by atoms with E-state index in [1.54, 1.807) is 12.1 Å². The van der Waals surface area contributed by atoms with Gasteiger partial charge in [0.2, 0.25) is 0 Å². The van der Waals surface area contributed by atoms with Crippen LogP contribution in [-0.4, -0.2) is 25.1 Å². The minimum Gasteiger partial charge on any atom is -0.462 e. The molecule has 0 fully saturated rings. The van der Waals surface area contributed by atoms with E-state index in [1.807, 2.05) is 6.08 Å². The zero-order chi connectivity index (χ0) is 18.9. The first-order valence-corrected chi connectivity index (χ1v) is 9.68. The van der Waals surface area contributed by atoms with Gasteiger partial charge in [-0.05, 0) is 30.9 Å². The van der Waals surface area contributed by atoms with Crippen LogP contribution in [0.1, 0.15) is 47.2 Å². The van der Waals surface area contributed by atoms with Gasteiger partial charge in [0.25, 0.3) is 0 Å². The van der Waals surface area contributed by atoms with Crippen LogP contribution in [0.2, 0.25) is 0 Å². The van der Waals surface area contributed by atoms with E-state index < -0.39 is 13.9 Å². The Kier molecular flexibility index (Phi) is 5.34. The van der Waals surface area contributed by atoms with Crippen LogP contribution in [0.15, 0.2) is 46.1 Å². The van der Waals surface area contributed by atoms with E-state index in [4.69, 9.17) is 18.0 Å². The van der Waals surface area contributed by atoms with Gasteiger partial charge in [0.15, 0.2) is 5.78 Å². The van der Waals surface area contributed by atoms with Gasteiger partial charge < -0.3 is 14.0 Å². The second-order valence-electron chi connectivity index (χ2n) is 6.07. The van der Waals surface area contributed by atoms with Crippen LogP contribution in [0.25, 0.3) is 0 Å². The summed E-state index contributed by atoms with van der Waals surface area (Å²) in [5.41, 5.74) is 1.57. The van der Waals surface area contributed by atoms with Crippen LogP contribution in [0, 0.1) is 0 Å². The standard InChI is InChI=1S/C18H21O7P/c1-11(25-26(21,22-2)23-3)9-12-10-15-16(19)13-7-5-4-6-8-14(13)17(20)18(15)24-12/h6,8,10,17,20H,1,4-5,7,9H2,2-3H3. The average molecular weight is 380 g/mol. The molecule has 140 valence electrons. The molecule has 1 unspecified atom stereocenters. The van der Waals surface area contributed by atoms with E-state index in [0.29, 0.717) is 28.9 Å². The van der Waals surface area contributed by atoms with Crippen molar-refractivity contribution in [3.8, 4) is 0 Å². The SMILES string of the molecule is C=C(Cc1cc2c(o1)C(O)C1=C(CCCC=C1)C2=O)OP(=O)(OC)OC. The van der Waals surface area contributed by atoms with Crippen LogP contribution in [0.5, 0.6) is 0 Å². The summed E-state index contributed by atoms with van der Waals surface area (Å²) in [4.78, 5) is 12.8. The highest BCUT2D eigenvalue weighted by molar-refractivity contribution is 7.48. The van der Waals surface area contributed by atoms with E-state index in [2.05, 4.69) is 6.58 Å². The fraction of sp³-hybridized carbons (Fsp3) is 0.389. The Morgan fingerprint density at radius 3 is 2.85 bits per heavy atom. The molecule has 0 saturated carbocycles. The molecule has 0 bridgehead atoms. The van der Waals surface area contributed by atoms with E-state index in [-0.39, 0.29) is 23.7 Å². The van der Waals surface area contributed by atoms with Crippen LogP contribution in [0.4, 0.5) is 0 Å². The van der Waals surface area contributed by atoms with Crippen LogP contribution in [0.3, 0.4) is 0 Å². The molecule has 0 spiro atoms. The van der Waals surface area contributed by atoms with Gasteiger partial charge in [-0.2, -0.15) is 0 Å². The Morgan fingerprint density at radius 1 is 1.42 bits per heavy atom. The molecule has 2 aliphatic carbocycles. The van der Waals surface area contributed by atoms with Gasteiger partial charge >= 0.3 is 7.82 Å².